The molecule has 4 rings (SSSR count). The van der Waals surface area contributed by atoms with Gasteiger partial charge in [-0.15, -0.1) is 0 Å². The maximum absolute atomic E-state index is 12.8. The predicted octanol–water partition coefficient (Wildman–Crippen LogP) is 5.05. The van der Waals surface area contributed by atoms with Gasteiger partial charge < -0.3 is 15.4 Å². The Labute approximate surface area is 170 Å². The van der Waals surface area contributed by atoms with Gasteiger partial charge in [0, 0.05) is 17.8 Å². The molecule has 1 aliphatic rings. The van der Waals surface area contributed by atoms with Crippen molar-refractivity contribution < 1.29 is 9.53 Å². The maximum atomic E-state index is 12.8. The van der Waals surface area contributed by atoms with Gasteiger partial charge in [-0.25, -0.2) is 4.98 Å². The van der Waals surface area contributed by atoms with Crippen LogP contribution in [0.25, 0.3) is 0 Å². The lowest BCUT2D eigenvalue weighted by Crippen LogP contribution is -2.22. The number of benzene rings is 2. The molecule has 148 valence electrons. The number of nitrogens with zero attached hydrogens (tertiary/aromatic N) is 2. The SMILES string of the molecule is COc1ccc(Nc2nc3c(c(Nc4cccc(C)c4)n2)C(=O)CC(C)C3)cc1. The third-order valence-electron chi connectivity index (χ3n) is 4.97. The fourth-order valence-corrected chi connectivity index (χ4v) is 3.58. The van der Waals surface area contributed by atoms with Crippen LogP contribution in [0.1, 0.15) is 35.0 Å². The van der Waals surface area contributed by atoms with Crippen LogP contribution in [0, 0.1) is 12.8 Å². The number of aryl methyl sites for hydroxylation is 1. The summed E-state index contributed by atoms with van der Waals surface area (Å²) in [6.07, 6.45) is 1.27. The highest BCUT2D eigenvalue weighted by atomic mass is 16.5. The highest BCUT2D eigenvalue weighted by molar-refractivity contribution is 6.03. The van der Waals surface area contributed by atoms with Crippen LogP contribution in [-0.2, 0) is 6.42 Å². The summed E-state index contributed by atoms with van der Waals surface area (Å²) in [6.45, 7) is 4.11. The molecule has 6 nitrogen and oxygen atoms in total. The first-order chi connectivity index (χ1) is 14.0. The molecule has 0 saturated carbocycles. The molecule has 0 spiro atoms. The van der Waals surface area contributed by atoms with E-state index in [2.05, 4.69) is 27.5 Å². The van der Waals surface area contributed by atoms with E-state index in [0.717, 1.165) is 34.8 Å². The largest absolute Gasteiger partial charge is 0.497 e. The number of hydrogen-bond donors (Lipinski definition) is 2. The van der Waals surface area contributed by atoms with E-state index in [-0.39, 0.29) is 11.7 Å². The van der Waals surface area contributed by atoms with Gasteiger partial charge in [-0.2, -0.15) is 4.98 Å². The van der Waals surface area contributed by atoms with E-state index in [1.165, 1.54) is 0 Å². The predicted molar refractivity (Wildman–Crippen MR) is 115 cm³/mol. The van der Waals surface area contributed by atoms with Crippen molar-refractivity contribution in [3.05, 3.63) is 65.4 Å². The van der Waals surface area contributed by atoms with Gasteiger partial charge in [-0.3, -0.25) is 4.79 Å². The Kier molecular flexibility index (Phi) is 5.16. The lowest BCUT2D eigenvalue weighted by atomic mass is 9.87. The minimum absolute atomic E-state index is 0.0879. The first kappa shape index (κ1) is 18.9. The van der Waals surface area contributed by atoms with Gasteiger partial charge in [0.2, 0.25) is 5.95 Å². The van der Waals surface area contributed by atoms with Crippen molar-refractivity contribution in [3.8, 4) is 5.75 Å². The fraction of sp³-hybridized carbons (Fsp3) is 0.261. The standard InChI is InChI=1S/C23H24N4O2/c1-14-5-4-6-17(11-14)24-22-21-19(12-15(2)13-20(21)28)26-23(27-22)25-16-7-9-18(29-3)10-8-16/h4-11,15H,12-13H2,1-3H3,(H2,24,25,26,27). The van der Waals surface area contributed by atoms with Crippen LogP contribution in [0.3, 0.4) is 0 Å². The van der Waals surface area contributed by atoms with Crippen LogP contribution in [0.5, 0.6) is 5.75 Å². The quantitative estimate of drug-likeness (QED) is 0.637. The van der Waals surface area contributed by atoms with Crippen LogP contribution in [0.15, 0.2) is 48.5 Å². The summed E-state index contributed by atoms with van der Waals surface area (Å²) in [5.41, 5.74) is 4.27. The normalized spacial score (nSPS) is 15.6. The highest BCUT2D eigenvalue weighted by Gasteiger charge is 2.28. The summed E-state index contributed by atoms with van der Waals surface area (Å²) < 4.78 is 5.21. The van der Waals surface area contributed by atoms with Crippen molar-refractivity contribution >= 4 is 28.9 Å². The average Bonchev–Trinajstić information content (AvgIpc) is 2.68. The molecule has 0 radical (unpaired) electrons. The van der Waals surface area contributed by atoms with Gasteiger partial charge in [0.15, 0.2) is 5.78 Å². The molecule has 0 amide bonds. The Morgan fingerprint density at radius 2 is 1.79 bits per heavy atom. The zero-order valence-corrected chi connectivity index (χ0v) is 16.8. The molecule has 3 aromatic rings. The topological polar surface area (TPSA) is 76.1 Å². The molecule has 1 atom stereocenters. The minimum atomic E-state index is 0.0879. The number of ether oxygens (including phenoxy) is 1. The molecule has 29 heavy (non-hydrogen) atoms. The molecule has 1 unspecified atom stereocenters. The second-order valence-electron chi connectivity index (χ2n) is 7.50. The summed E-state index contributed by atoms with van der Waals surface area (Å²) in [5, 5.41) is 6.57. The summed E-state index contributed by atoms with van der Waals surface area (Å²) in [7, 11) is 1.64. The molecule has 6 heteroatoms. The lowest BCUT2D eigenvalue weighted by molar-refractivity contribution is 0.0953. The number of fused-ring (bicyclic) bond motifs is 1. The van der Waals surface area contributed by atoms with Gasteiger partial charge >= 0.3 is 0 Å². The molecule has 0 fully saturated rings. The van der Waals surface area contributed by atoms with Gasteiger partial charge in [0.1, 0.15) is 11.6 Å². The Bertz CT molecular complexity index is 1050. The number of ketones is 1. The van der Waals surface area contributed by atoms with E-state index >= 15 is 0 Å². The molecule has 2 aromatic carbocycles. The minimum Gasteiger partial charge on any atom is -0.497 e. The van der Waals surface area contributed by atoms with Crippen LogP contribution in [0.4, 0.5) is 23.1 Å². The summed E-state index contributed by atoms with van der Waals surface area (Å²) in [4.78, 5) is 22.1. The average molecular weight is 388 g/mol. The Balaban J connectivity index is 1.72. The van der Waals surface area contributed by atoms with Crippen LogP contribution >= 0.6 is 0 Å². The number of hydrogen-bond acceptors (Lipinski definition) is 6. The van der Waals surface area contributed by atoms with E-state index in [9.17, 15) is 4.79 Å². The van der Waals surface area contributed by atoms with Gasteiger partial charge in [0.25, 0.3) is 0 Å². The van der Waals surface area contributed by atoms with Crippen molar-refractivity contribution in [3.63, 3.8) is 0 Å². The lowest BCUT2D eigenvalue weighted by Gasteiger charge is -2.23. The Hall–Kier alpha value is -3.41. The van der Waals surface area contributed by atoms with Crippen molar-refractivity contribution in [2.45, 2.75) is 26.7 Å². The molecule has 0 bridgehead atoms. The summed E-state index contributed by atoms with van der Waals surface area (Å²) in [6, 6.07) is 15.6. The van der Waals surface area contributed by atoms with Gasteiger partial charge in [-0.1, -0.05) is 19.1 Å². The van der Waals surface area contributed by atoms with Crippen LogP contribution in [0.2, 0.25) is 0 Å². The number of nitrogens with one attached hydrogen (secondary N) is 2. The maximum Gasteiger partial charge on any atom is 0.229 e. The van der Waals surface area contributed by atoms with E-state index < -0.39 is 0 Å². The Morgan fingerprint density at radius 3 is 2.52 bits per heavy atom. The monoisotopic (exact) mass is 388 g/mol. The van der Waals surface area contributed by atoms with Crippen LogP contribution < -0.4 is 15.4 Å². The van der Waals surface area contributed by atoms with Gasteiger partial charge in [0.05, 0.1) is 18.4 Å². The zero-order chi connectivity index (χ0) is 20.4. The molecule has 0 saturated heterocycles. The second kappa shape index (κ2) is 7.91. The van der Waals surface area contributed by atoms with E-state index in [4.69, 9.17) is 4.74 Å². The first-order valence-electron chi connectivity index (χ1n) is 9.70. The third-order valence-corrected chi connectivity index (χ3v) is 4.97. The number of anilines is 4. The van der Waals surface area contributed by atoms with Crippen molar-refractivity contribution in [2.24, 2.45) is 5.92 Å². The molecule has 2 N–H and O–H groups in total. The molecule has 0 aliphatic heterocycles. The molecule has 1 heterocycles. The van der Waals surface area contributed by atoms with Crippen molar-refractivity contribution in [1.82, 2.24) is 9.97 Å². The number of rotatable bonds is 5. The number of Topliss-reactive ketones (excluding diaryl/α,β-unsaturated/α-hetero) is 1. The van der Waals surface area contributed by atoms with Crippen molar-refractivity contribution in [2.75, 3.05) is 17.7 Å². The number of methoxy groups -OCH3 is 1. The number of carbonyl (C=O) groups excluding carboxylic acids is 1. The van der Waals surface area contributed by atoms with E-state index in [0.29, 0.717) is 23.8 Å². The second-order valence-corrected chi connectivity index (χ2v) is 7.50. The molecular formula is C23H24N4O2. The van der Waals surface area contributed by atoms with E-state index in [1.54, 1.807) is 7.11 Å². The first-order valence-corrected chi connectivity index (χ1v) is 9.70. The third kappa shape index (κ3) is 4.21. The number of aromatic nitrogens is 2. The Morgan fingerprint density at radius 1 is 1.00 bits per heavy atom. The van der Waals surface area contributed by atoms with Gasteiger partial charge in [-0.05, 0) is 61.2 Å². The van der Waals surface area contributed by atoms with Crippen LogP contribution in [-0.4, -0.2) is 22.9 Å². The molecular weight excluding hydrogens is 364 g/mol. The van der Waals surface area contributed by atoms with Crippen molar-refractivity contribution in [1.29, 1.82) is 0 Å². The molecule has 1 aliphatic carbocycles. The van der Waals surface area contributed by atoms with E-state index in [1.807, 2.05) is 55.5 Å². The number of carbonyl (C=O) groups is 1. The smallest absolute Gasteiger partial charge is 0.229 e. The zero-order valence-electron chi connectivity index (χ0n) is 16.8. The molecule has 1 aromatic heterocycles. The highest BCUT2D eigenvalue weighted by Crippen LogP contribution is 2.32. The summed E-state index contributed by atoms with van der Waals surface area (Å²) >= 11 is 0. The summed E-state index contributed by atoms with van der Waals surface area (Å²) in [5.74, 6) is 2.15. The fourth-order valence-electron chi connectivity index (χ4n) is 3.58.